The molecule has 0 atom stereocenters. The molecule has 27 heavy (non-hydrogen) atoms. The summed E-state index contributed by atoms with van der Waals surface area (Å²) >= 11 is 0. The van der Waals surface area contributed by atoms with Crippen LogP contribution in [0, 0.1) is 5.41 Å². The van der Waals surface area contributed by atoms with E-state index in [-0.39, 0.29) is 30.7 Å². The van der Waals surface area contributed by atoms with Gasteiger partial charge in [0.1, 0.15) is 0 Å². The van der Waals surface area contributed by atoms with E-state index in [9.17, 15) is 4.79 Å². The number of piperidine rings is 1. The predicted molar refractivity (Wildman–Crippen MR) is 116 cm³/mol. The molecule has 0 saturated carbocycles. The van der Waals surface area contributed by atoms with Gasteiger partial charge in [-0.15, -0.1) is 24.8 Å². The molecule has 0 bridgehead atoms. The van der Waals surface area contributed by atoms with Crippen LogP contribution in [0.5, 0.6) is 0 Å². The molecule has 1 aromatic rings. The lowest BCUT2D eigenvalue weighted by Gasteiger charge is -2.35. The van der Waals surface area contributed by atoms with Crippen molar-refractivity contribution in [2.75, 3.05) is 39.9 Å². The van der Waals surface area contributed by atoms with Gasteiger partial charge in [-0.3, -0.25) is 9.69 Å². The van der Waals surface area contributed by atoms with Crippen LogP contribution >= 0.6 is 24.8 Å². The highest BCUT2D eigenvalue weighted by Gasteiger charge is 2.39. The summed E-state index contributed by atoms with van der Waals surface area (Å²) in [6, 6.07) is 8.39. The fourth-order valence-corrected chi connectivity index (χ4v) is 3.55. The van der Waals surface area contributed by atoms with Gasteiger partial charge in [-0.05, 0) is 50.1 Å². The molecule has 156 valence electrons. The first-order valence-electron chi connectivity index (χ1n) is 9.42. The molecular weight excluding hydrogens is 385 g/mol. The molecule has 0 spiro atoms. The van der Waals surface area contributed by atoms with Crippen molar-refractivity contribution < 1.29 is 9.53 Å². The van der Waals surface area contributed by atoms with Crippen molar-refractivity contribution in [3.63, 3.8) is 0 Å². The number of carbonyl (C=O) groups is 1. The SMILES string of the molecule is CCN(CC)Cc1ccccc1CNC(=O)C1(COC)CCNCC1.Cl.Cl. The Morgan fingerprint density at radius 3 is 2.30 bits per heavy atom. The topological polar surface area (TPSA) is 53.6 Å². The first-order chi connectivity index (χ1) is 12.1. The van der Waals surface area contributed by atoms with Crippen LogP contribution in [-0.4, -0.2) is 50.7 Å². The van der Waals surface area contributed by atoms with E-state index in [1.807, 2.05) is 6.07 Å². The van der Waals surface area contributed by atoms with E-state index in [1.165, 1.54) is 11.1 Å². The van der Waals surface area contributed by atoms with E-state index in [0.717, 1.165) is 45.6 Å². The van der Waals surface area contributed by atoms with E-state index in [0.29, 0.717) is 13.2 Å². The standard InChI is InChI=1S/C20H33N3O2.2ClH/c1-4-23(5-2)15-18-9-7-6-8-17(18)14-22-19(24)20(16-25-3)10-12-21-13-11-20;;/h6-9,21H,4-5,10-16H2,1-3H3,(H,22,24);2*1H. The molecule has 2 rings (SSSR count). The molecule has 5 nitrogen and oxygen atoms in total. The van der Waals surface area contributed by atoms with Crippen LogP contribution in [0.1, 0.15) is 37.8 Å². The summed E-state index contributed by atoms with van der Waals surface area (Å²) in [5, 5.41) is 6.51. The van der Waals surface area contributed by atoms with Gasteiger partial charge in [0.05, 0.1) is 12.0 Å². The molecule has 7 heteroatoms. The summed E-state index contributed by atoms with van der Waals surface area (Å²) in [4.78, 5) is 15.3. The second-order valence-electron chi connectivity index (χ2n) is 6.88. The van der Waals surface area contributed by atoms with Gasteiger partial charge in [0.25, 0.3) is 0 Å². The van der Waals surface area contributed by atoms with E-state index in [2.05, 4.69) is 47.6 Å². The number of hydrogen-bond donors (Lipinski definition) is 2. The van der Waals surface area contributed by atoms with Gasteiger partial charge >= 0.3 is 0 Å². The lowest BCUT2D eigenvalue weighted by Crippen LogP contribution is -2.50. The fourth-order valence-electron chi connectivity index (χ4n) is 3.55. The predicted octanol–water partition coefficient (Wildman–Crippen LogP) is 3.00. The number of halogens is 2. The van der Waals surface area contributed by atoms with Crippen molar-refractivity contribution in [1.82, 2.24) is 15.5 Å². The number of nitrogens with zero attached hydrogens (tertiary/aromatic N) is 1. The molecule has 1 saturated heterocycles. The number of rotatable bonds is 9. The third-order valence-electron chi connectivity index (χ3n) is 5.31. The number of hydrogen-bond acceptors (Lipinski definition) is 4. The molecule has 1 fully saturated rings. The Bertz CT molecular complexity index is 542. The number of nitrogens with one attached hydrogen (secondary N) is 2. The number of methoxy groups -OCH3 is 1. The zero-order chi connectivity index (χ0) is 18.1. The average molecular weight is 420 g/mol. The second-order valence-corrected chi connectivity index (χ2v) is 6.88. The Labute approximate surface area is 176 Å². The Morgan fingerprint density at radius 1 is 1.15 bits per heavy atom. The highest BCUT2D eigenvalue weighted by molar-refractivity contribution is 5.85. The molecule has 1 aliphatic rings. The highest BCUT2D eigenvalue weighted by atomic mass is 35.5. The molecular formula is C20H35Cl2N3O2. The number of amides is 1. The summed E-state index contributed by atoms with van der Waals surface area (Å²) in [6.07, 6.45) is 1.65. The van der Waals surface area contributed by atoms with Crippen LogP contribution in [-0.2, 0) is 22.6 Å². The molecule has 0 aromatic heterocycles. The number of ether oxygens (including phenoxy) is 1. The van der Waals surface area contributed by atoms with Gasteiger partial charge in [-0.2, -0.15) is 0 Å². The lowest BCUT2D eigenvalue weighted by atomic mass is 9.78. The maximum atomic E-state index is 12.9. The quantitative estimate of drug-likeness (QED) is 0.645. The third kappa shape index (κ3) is 7.24. The molecule has 2 N–H and O–H groups in total. The molecule has 1 heterocycles. The van der Waals surface area contributed by atoms with Crippen LogP contribution in [0.2, 0.25) is 0 Å². The maximum absolute atomic E-state index is 12.9. The minimum Gasteiger partial charge on any atom is -0.384 e. The van der Waals surface area contributed by atoms with Gasteiger partial charge in [0, 0.05) is 20.2 Å². The minimum atomic E-state index is -0.395. The third-order valence-corrected chi connectivity index (χ3v) is 5.31. The minimum absolute atomic E-state index is 0. The maximum Gasteiger partial charge on any atom is 0.228 e. The van der Waals surface area contributed by atoms with Gasteiger partial charge in [0.15, 0.2) is 0 Å². The van der Waals surface area contributed by atoms with Crippen molar-refractivity contribution in [3.8, 4) is 0 Å². The summed E-state index contributed by atoms with van der Waals surface area (Å²) < 4.78 is 5.37. The van der Waals surface area contributed by atoms with E-state index < -0.39 is 5.41 Å². The fraction of sp³-hybridized carbons (Fsp3) is 0.650. The van der Waals surface area contributed by atoms with Gasteiger partial charge in [0.2, 0.25) is 5.91 Å². The van der Waals surface area contributed by atoms with E-state index in [4.69, 9.17) is 4.74 Å². The normalized spacial score (nSPS) is 15.6. The lowest BCUT2D eigenvalue weighted by molar-refractivity contribution is -0.136. The summed E-state index contributed by atoms with van der Waals surface area (Å²) in [5.41, 5.74) is 2.09. The Kier molecular flexibility index (Phi) is 12.9. The van der Waals surface area contributed by atoms with Gasteiger partial charge < -0.3 is 15.4 Å². The summed E-state index contributed by atoms with van der Waals surface area (Å²) in [7, 11) is 1.68. The second kappa shape index (κ2) is 13.3. The van der Waals surface area contributed by atoms with Crippen molar-refractivity contribution in [1.29, 1.82) is 0 Å². The van der Waals surface area contributed by atoms with E-state index in [1.54, 1.807) is 7.11 Å². The zero-order valence-corrected chi connectivity index (χ0v) is 18.4. The average Bonchev–Trinajstić information content (AvgIpc) is 2.65. The van der Waals surface area contributed by atoms with E-state index >= 15 is 0 Å². The first-order valence-corrected chi connectivity index (χ1v) is 9.42. The molecule has 1 amide bonds. The number of benzene rings is 1. The monoisotopic (exact) mass is 419 g/mol. The highest BCUT2D eigenvalue weighted by Crippen LogP contribution is 2.29. The summed E-state index contributed by atoms with van der Waals surface area (Å²) in [6.45, 7) is 10.1. The van der Waals surface area contributed by atoms with Crippen molar-refractivity contribution in [2.45, 2.75) is 39.8 Å². The smallest absolute Gasteiger partial charge is 0.228 e. The van der Waals surface area contributed by atoms with Crippen molar-refractivity contribution in [3.05, 3.63) is 35.4 Å². The van der Waals surface area contributed by atoms with Crippen LogP contribution in [0.4, 0.5) is 0 Å². The van der Waals surface area contributed by atoms with Gasteiger partial charge in [-0.1, -0.05) is 38.1 Å². The van der Waals surface area contributed by atoms with Crippen LogP contribution < -0.4 is 10.6 Å². The molecule has 0 unspecified atom stereocenters. The molecule has 1 aromatic carbocycles. The first kappa shape index (κ1) is 26.1. The molecule has 0 radical (unpaired) electrons. The molecule has 0 aliphatic carbocycles. The Morgan fingerprint density at radius 2 is 1.74 bits per heavy atom. The van der Waals surface area contributed by atoms with Crippen molar-refractivity contribution >= 4 is 30.7 Å². The van der Waals surface area contributed by atoms with Crippen LogP contribution in [0.3, 0.4) is 0 Å². The van der Waals surface area contributed by atoms with Gasteiger partial charge in [-0.25, -0.2) is 0 Å². The number of carbonyl (C=O) groups excluding carboxylic acids is 1. The Hall–Kier alpha value is -0.850. The zero-order valence-electron chi connectivity index (χ0n) is 16.8. The van der Waals surface area contributed by atoms with Crippen LogP contribution in [0.15, 0.2) is 24.3 Å². The summed E-state index contributed by atoms with van der Waals surface area (Å²) in [5.74, 6) is 0.119. The largest absolute Gasteiger partial charge is 0.384 e. The van der Waals surface area contributed by atoms with Crippen LogP contribution in [0.25, 0.3) is 0 Å². The molecule has 1 aliphatic heterocycles. The van der Waals surface area contributed by atoms with Crippen molar-refractivity contribution in [2.24, 2.45) is 5.41 Å². The Balaban J connectivity index is 0.00000338.